The fourth-order valence-corrected chi connectivity index (χ4v) is 4.76. The topological polar surface area (TPSA) is 23.5 Å². The predicted octanol–water partition coefficient (Wildman–Crippen LogP) is 3.33. The van der Waals surface area contributed by atoms with E-state index in [1.165, 1.54) is 36.9 Å². The highest BCUT2D eigenvalue weighted by Gasteiger charge is 2.50. The van der Waals surface area contributed by atoms with E-state index in [4.69, 9.17) is 0 Å². The van der Waals surface area contributed by atoms with Crippen molar-refractivity contribution < 1.29 is 5.11 Å². The minimum absolute atomic E-state index is 0.290. The number of hydrogen-bond acceptors (Lipinski definition) is 2. The average molecular weight is 259 g/mol. The van der Waals surface area contributed by atoms with E-state index in [2.05, 4.69) is 31.9 Å². The van der Waals surface area contributed by atoms with Crippen LogP contribution in [0.15, 0.2) is 18.2 Å². The Morgan fingerprint density at radius 1 is 1.37 bits per heavy atom. The molecule has 0 saturated carbocycles. The van der Waals surface area contributed by atoms with Crippen molar-refractivity contribution in [2.24, 2.45) is 5.92 Å². The second-order valence-electron chi connectivity index (χ2n) is 6.37. The molecule has 1 aliphatic heterocycles. The average Bonchev–Trinajstić information content (AvgIpc) is 2.42. The lowest BCUT2D eigenvalue weighted by atomic mass is 9.55. The molecule has 19 heavy (non-hydrogen) atoms. The van der Waals surface area contributed by atoms with Crippen LogP contribution in [-0.4, -0.2) is 29.6 Å². The maximum Gasteiger partial charge on any atom is 0.115 e. The highest BCUT2D eigenvalue weighted by atomic mass is 16.3. The molecule has 0 radical (unpaired) electrons. The summed E-state index contributed by atoms with van der Waals surface area (Å²) in [7, 11) is 2.28. The Kier molecular flexibility index (Phi) is 3.09. The smallest absolute Gasteiger partial charge is 0.115 e. The maximum absolute atomic E-state index is 9.90. The minimum Gasteiger partial charge on any atom is -0.508 e. The van der Waals surface area contributed by atoms with Crippen molar-refractivity contribution in [1.82, 2.24) is 4.90 Å². The molecule has 104 valence electrons. The maximum atomic E-state index is 9.90. The van der Waals surface area contributed by atoms with E-state index < -0.39 is 0 Å². The standard InChI is InChI=1S/C17H25NO/c1-4-14-16-10-12-6-7-13(19)11-15(12)17(14,5-2)8-9-18(16)3/h6-7,11,14,16,19H,4-5,8-10H2,1-3H3/t14-,16?,17+/m1/s1. The molecule has 1 aliphatic carbocycles. The molecule has 0 aromatic heterocycles. The molecule has 1 unspecified atom stereocenters. The largest absolute Gasteiger partial charge is 0.508 e. The fourth-order valence-electron chi connectivity index (χ4n) is 4.76. The molecular weight excluding hydrogens is 234 g/mol. The van der Waals surface area contributed by atoms with Crippen molar-refractivity contribution in [3.8, 4) is 5.75 Å². The van der Waals surface area contributed by atoms with Gasteiger partial charge in [0.25, 0.3) is 0 Å². The normalized spacial score (nSPS) is 34.1. The summed E-state index contributed by atoms with van der Waals surface area (Å²) in [5.74, 6) is 1.16. The van der Waals surface area contributed by atoms with E-state index in [0.29, 0.717) is 11.8 Å². The second kappa shape index (κ2) is 4.52. The number of likely N-dealkylation sites (tertiary alicyclic amines) is 1. The van der Waals surface area contributed by atoms with Gasteiger partial charge in [0.2, 0.25) is 0 Å². The SMILES string of the molecule is CC[C@@H]1C2Cc3ccc(O)cc3[C@@]1(CC)CCN2C. The Labute approximate surface area is 116 Å². The number of aromatic hydroxyl groups is 1. The molecule has 0 amide bonds. The van der Waals surface area contributed by atoms with E-state index in [-0.39, 0.29) is 5.41 Å². The zero-order chi connectivity index (χ0) is 13.6. The first kappa shape index (κ1) is 13.0. The molecule has 2 heteroatoms. The molecule has 2 bridgehead atoms. The summed E-state index contributed by atoms with van der Waals surface area (Å²) in [4.78, 5) is 2.55. The van der Waals surface area contributed by atoms with E-state index in [1.807, 2.05) is 12.1 Å². The molecule has 1 heterocycles. The van der Waals surface area contributed by atoms with Crippen molar-refractivity contribution in [3.05, 3.63) is 29.3 Å². The molecule has 0 spiro atoms. The number of likely N-dealkylation sites (N-methyl/N-ethyl adjacent to an activating group) is 1. The number of hydrogen-bond donors (Lipinski definition) is 1. The number of fused-ring (bicyclic) bond motifs is 4. The molecule has 1 N–H and O–H groups in total. The van der Waals surface area contributed by atoms with Gasteiger partial charge in [0, 0.05) is 11.5 Å². The fraction of sp³-hybridized carbons (Fsp3) is 0.647. The van der Waals surface area contributed by atoms with Crippen LogP contribution in [0.5, 0.6) is 5.75 Å². The van der Waals surface area contributed by atoms with Crippen LogP contribution in [0.4, 0.5) is 0 Å². The van der Waals surface area contributed by atoms with Gasteiger partial charge in [-0.3, -0.25) is 0 Å². The Morgan fingerprint density at radius 2 is 2.16 bits per heavy atom. The van der Waals surface area contributed by atoms with Gasteiger partial charge >= 0.3 is 0 Å². The molecule has 2 nitrogen and oxygen atoms in total. The van der Waals surface area contributed by atoms with Crippen LogP contribution in [0.25, 0.3) is 0 Å². The molecule has 3 rings (SSSR count). The Hall–Kier alpha value is -1.02. The summed E-state index contributed by atoms with van der Waals surface area (Å²) in [6.07, 6.45) is 4.79. The van der Waals surface area contributed by atoms with Gasteiger partial charge in [-0.1, -0.05) is 26.3 Å². The van der Waals surface area contributed by atoms with Gasteiger partial charge in [-0.25, -0.2) is 0 Å². The van der Waals surface area contributed by atoms with Crippen LogP contribution >= 0.6 is 0 Å². The van der Waals surface area contributed by atoms with Crippen molar-refractivity contribution in [1.29, 1.82) is 0 Å². The third-order valence-electron chi connectivity index (χ3n) is 5.78. The van der Waals surface area contributed by atoms with Crippen LogP contribution in [0, 0.1) is 5.92 Å². The molecular formula is C17H25NO. The number of nitrogens with zero attached hydrogens (tertiary/aromatic N) is 1. The van der Waals surface area contributed by atoms with Crippen LogP contribution in [0.2, 0.25) is 0 Å². The number of phenolic OH excluding ortho intramolecular Hbond substituents is 1. The summed E-state index contributed by atoms with van der Waals surface area (Å²) >= 11 is 0. The van der Waals surface area contributed by atoms with E-state index >= 15 is 0 Å². The van der Waals surface area contributed by atoms with Crippen LogP contribution in [0.3, 0.4) is 0 Å². The zero-order valence-corrected chi connectivity index (χ0v) is 12.3. The predicted molar refractivity (Wildman–Crippen MR) is 78.6 cm³/mol. The van der Waals surface area contributed by atoms with Crippen LogP contribution in [-0.2, 0) is 11.8 Å². The summed E-state index contributed by atoms with van der Waals surface area (Å²) in [6, 6.07) is 6.72. The van der Waals surface area contributed by atoms with Gasteiger partial charge in [0.1, 0.15) is 5.75 Å². The van der Waals surface area contributed by atoms with Crippen molar-refractivity contribution in [3.63, 3.8) is 0 Å². The lowest BCUT2D eigenvalue weighted by Gasteiger charge is -2.56. The molecule has 3 atom stereocenters. The first-order valence-corrected chi connectivity index (χ1v) is 7.65. The third kappa shape index (κ3) is 1.73. The third-order valence-corrected chi connectivity index (χ3v) is 5.78. The van der Waals surface area contributed by atoms with Crippen molar-refractivity contribution in [2.45, 2.75) is 51.0 Å². The number of benzene rings is 1. The van der Waals surface area contributed by atoms with Crippen molar-refractivity contribution >= 4 is 0 Å². The molecule has 1 saturated heterocycles. The quantitative estimate of drug-likeness (QED) is 0.880. The minimum atomic E-state index is 0.290. The second-order valence-corrected chi connectivity index (χ2v) is 6.37. The van der Waals surface area contributed by atoms with Gasteiger partial charge < -0.3 is 10.0 Å². The molecule has 1 fully saturated rings. The Morgan fingerprint density at radius 3 is 2.84 bits per heavy atom. The monoisotopic (exact) mass is 259 g/mol. The number of piperidine rings is 1. The highest BCUT2D eigenvalue weighted by molar-refractivity contribution is 5.44. The highest BCUT2D eigenvalue weighted by Crippen LogP contribution is 2.52. The zero-order valence-electron chi connectivity index (χ0n) is 12.3. The first-order chi connectivity index (χ1) is 9.12. The van der Waals surface area contributed by atoms with Gasteiger partial charge in [0.15, 0.2) is 0 Å². The van der Waals surface area contributed by atoms with Gasteiger partial charge in [-0.05, 0) is 62.0 Å². The van der Waals surface area contributed by atoms with E-state index in [0.717, 1.165) is 12.3 Å². The van der Waals surface area contributed by atoms with E-state index in [1.54, 1.807) is 0 Å². The van der Waals surface area contributed by atoms with Crippen LogP contribution in [0.1, 0.15) is 44.2 Å². The van der Waals surface area contributed by atoms with E-state index in [9.17, 15) is 5.11 Å². The number of phenols is 1. The summed E-state index contributed by atoms with van der Waals surface area (Å²) in [6.45, 7) is 5.84. The van der Waals surface area contributed by atoms with Crippen LogP contribution < -0.4 is 0 Å². The molecule has 1 aromatic carbocycles. The summed E-state index contributed by atoms with van der Waals surface area (Å²) in [5, 5.41) is 9.90. The molecule has 2 aliphatic rings. The van der Waals surface area contributed by atoms with Gasteiger partial charge in [-0.15, -0.1) is 0 Å². The lowest BCUT2D eigenvalue weighted by molar-refractivity contribution is 0.0257. The van der Waals surface area contributed by atoms with Gasteiger partial charge in [-0.2, -0.15) is 0 Å². The summed E-state index contributed by atoms with van der Waals surface area (Å²) in [5.41, 5.74) is 3.19. The number of rotatable bonds is 2. The Bertz CT molecular complexity index is 484. The van der Waals surface area contributed by atoms with Gasteiger partial charge in [0.05, 0.1) is 0 Å². The summed E-state index contributed by atoms with van der Waals surface area (Å²) < 4.78 is 0. The van der Waals surface area contributed by atoms with Crippen molar-refractivity contribution in [2.75, 3.05) is 13.6 Å². The Balaban J connectivity index is 2.18. The molecule has 1 aromatic rings. The first-order valence-electron chi connectivity index (χ1n) is 7.65. The lowest BCUT2D eigenvalue weighted by Crippen LogP contribution is -2.58.